The van der Waals surface area contributed by atoms with E-state index in [9.17, 15) is 22.4 Å². The van der Waals surface area contributed by atoms with Gasteiger partial charge in [0, 0.05) is 11.7 Å². The molecule has 8 heteroatoms. The van der Waals surface area contributed by atoms with E-state index in [1.54, 1.807) is 0 Å². The lowest BCUT2D eigenvalue weighted by molar-refractivity contribution is -0.134. The lowest BCUT2D eigenvalue weighted by Crippen LogP contribution is -2.45. The normalized spacial score (nSPS) is 24.0. The van der Waals surface area contributed by atoms with Gasteiger partial charge in [0.05, 0.1) is 11.5 Å². The highest BCUT2D eigenvalue weighted by Crippen LogP contribution is 2.47. The van der Waals surface area contributed by atoms with Crippen molar-refractivity contribution < 1.29 is 22.4 Å². The predicted molar refractivity (Wildman–Crippen MR) is 81.9 cm³/mol. The molecule has 0 aromatic heterocycles. The van der Waals surface area contributed by atoms with Crippen molar-refractivity contribution in [2.45, 2.75) is 25.3 Å². The second kappa shape index (κ2) is 5.59. The molecule has 0 radical (unpaired) electrons. The SMILES string of the molecule is O=C(Nc1ccc(F)cc1)C1(C(=O)NC2CCS(=O)(=O)C2)CC1. The Labute approximate surface area is 133 Å². The summed E-state index contributed by atoms with van der Waals surface area (Å²) in [5.74, 6) is -1.30. The van der Waals surface area contributed by atoms with Crippen LogP contribution in [0.5, 0.6) is 0 Å². The molecule has 2 fully saturated rings. The van der Waals surface area contributed by atoms with Crippen molar-refractivity contribution in [3.05, 3.63) is 30.1 Å². The Balaban J connectivity index is 1.63. The first-order valence-electron chi connectivity index (χ1n) is 7.39. The van der Waals surface area contributed by atoms with Crippen molar-refractivity contribution in [2.24, 2.45) is 5.41 Å². The van der Waals surface area contributed by atoms with Crippen LogP contribution in [0.2, 0.25) is 0 Å². The minimum atomic E-state index is -3.09. The number of sulfone groups is 1. The largest absolute Gasteiger partial charge is 0.351 e. The van der Waals surface area contributed by atoms with Crippen LogP contribution in [0.1, 0.15) is 19.3 Å². The number of benzene rings is 1. The Bertz CT molecular complexity index is 741. The molecule has 1 heterocycles. The predicted octanol–water partition coefficient (Wildman–Crippen LogP) is 0.848. The molecule has 1 unspecified atom stereocenters. The Morgan fingerprint density at radius 3 is 2.30 bits per heavy atom. The molecule has 1 aliphatic heterocycles. The molecule has 2 aliphatic rings. The van der Waals surface area contributed by atoms with Gasteiger partial charge in [-0.25, -0.2) is 12.8 Å². The van der Waals surface area contributed by atoms with Crippen molar-refractivity contribution in [3.8, 4) is 0 Å². The van der Waals surface area contributed by atoms with E-state index >= 15 is 0 Å². The highest BCUT2D eigenvalue weighted by atomic mass is 32.2. The molecule has 3 rings (SSSR count). The number of rotatable bonds is 4. The minimum Gasteiger partial charge on any atom is -0.351 e. The zero-order valence-corrected chi connectivity index (χ0v) is 13.2. The number of nitrogens with one attached hydrogen (secondary N) is 2. The third-order valence-electron chi connectivity index (χ3n) is 4.29. The van der Waals surface area contributed by atoms with Crippen molar-refractivity contribution in [3.63, 3.8) is 0 Å². The smallest absolute Gasteiger partial charge is 0.240 e. The third kappa shape index (κ3) is 3.36. The number of carbonyl (C=O) groups excluding carboxylic acids is 2. The van der Waals surface area contributed by atoms with E-state index in [1.807, 2.05) is 0 Å². The highest BCUT2D eigenvalue weighted by Gasteiger charge is 2.57. The van der Waals surface area contributed by atoms with Gasteiger partial charge in [-0.1, -0.05) is 0 Å². The maximum absolute atomic E-state index is 12.9. The van der Waals surface area contributed by atoms with Gasteiger partial charge in [0.1, 0.15) is 11.2 Å². The molecule has 124 valence electrons. The fourth-order valence-corrected chi connectivity index (χ4v) is 4.37. The highest BCUT2D eigenvalue weighted by molar-refractivity contribution is 7.91. The molecule has 1 aromatic rings. The number of halogens is 1. The molecule has 2 amide bonds. The van der Waals surface area contributed by atoms with E-state index < -0.39 is 38.9 Å². The second-order valence-electron chi connectivity index (χ2n) is 6.12. The molecular weight excluding hydrogens is 323 g/mol. The standard InChI is InChI=1S/C15H17FN2O4S/c16-10-1-3-11(4-2-10)17-13(19)15(6-7-15)14(20)18-12-5-8-23(21,22)9-12/h1-4,12H,5-9H2,(H,17,19)(H,18,20). The molecule has 1 saturated carbocycles. The maximum Gasteiger partial charge on any atom is 0.240 e. The van der Waals surface area contributed by atoms with Crippen LogP contribution >= 0.6 is 0 Å². The van der Waals surface area contributed by atoms with Gasteiger partial charge < -0.3 is 10.6 Å². The lowest BCUT2D eigenvalue weighted by atomic mass is 10.0. The fraction of sp³-hybridized carbons (Fsp3) is 0.467. The van der Waals surface area contributed by atoms with Crippen LogP contribution in [0.3, 0.4) is 0 Å². The molecule has 0 bridgehead atoms. The van der Waals surface area contributed by atoms with Crippen LogP contribution in [-0.2, 0) is 19.4 Å². The molecule has 2 N–H and O–H groups in total. The number of carbonyl (C=O) groups is 2. The summed E-state index contributed by atoms with van der Waals surface area (Å²) in [6, 6.07) is 4.86. The Morgan fingerprint density at radius 1 is 1.13 bits per heavy atom. The summed E-state index contributed by atoms with van der Waals surface area (Å²) in [4.78, 5) is 24.7. The van der Waals surface area contributed by atoms with Crippen LogP contribution < -0.4 is 10.6 Å². The van der Waals surface area contributed by atoms with Gasteiger partial charge in [-0.2, -0.15) is 0 Å². The van der Waals surface area contributed by atoms with Crippen LogP contribution in [0.4, 0.5) is 10.1 Å². The number of hydrogen-bond acceptors (Lipinski definition) is 4. The van der Waals surface area contributed by atoms with Gasteiger partial charge in [-0.05, 0) is 43.5 Å². The molecule has 1 atom stereocenters. The van der Waals surface area contributed by atoms with Gasteiger partial charge >= 0.3 is 0 Å². The van der Waals surface area contributed by atoms with Crippen molar-refractivity contribution in [2.75, 3.05) is 16.8 Å². The summed E-state index contributed by atoms with van der Waals surface area (Å²) in [7, 11) is -3.09. The molecule has 23 heavy (non-hydrogen) atoms. The van der Waals surface area contributed by atoms with Gasteiger partial charge in [0.15, 0.2) is 9.84 Å². The van der Waals surface area contributed by atoms with Crippen LogP contribution in [0.15, 0.2) is 24.3 Å². The molecule has 6 nitrogen and oxygen atoms in total. The molecular formula is C15H17FN2O4S. The first-order chi connectivity index (χ1) is 10.8. The van der Waals surface area contributed by atoms with E-state index in [-0.39, 0.29) is 11.5 Å². The Kier molecular flexibility index (Phi) is 3.87. The summed E-state index contributed by atoms with van der Waals surface area (Å²) in [5, 5.41) is 5.28. The first-order valence-corrected chi connectivity index (χ1v) is 9.21. The van der Waals surface area contributed by atoms with Gasteiger partial charge in [-0.15, -0.1) is 0 Å². The average Bonchev–Trinajstić information content (AvgIpc) is 3.23. The Hall–Kier alpha value is -1.96. The molecule has 1 aliphatic carbocycles. The van der Waals surface area contributed by atoms with Crippen LogP contribution in [-0.4, -0.2) is 37.8 Å². The van der Waals surface area contributed by atoms with Crippen molar-refractivity contribution in [1.29, 1.82) is 0 Å². The maximum atomic E-state index is 12.9. The van der Waals surface area contributed by atoms with E-state index in [2.05, 4.69) is 10.6 Å². The van der Waals surface area contributed by atoms with Crippen molar-refractivity contribution >= 4 is 27.3 Å². The number of hydrogen-bond donors (Lipinski definition) is 2. The average molecular weight is 340 g/mol. The minimum absolute atomic E-state index is 0.0622. The van der Waals surface area contributed by atoms with E-state index in [0.29, 0.717) is 24.9 Å². The molecule has 1 saturated heterocycles. The Morgan fingerprint density at radius 2 is 1.78 bits per heavy atom. The summed E-state index contributed by atoms with van der Waals surface area (Å²) < 4.78 is 35.7. The lowest BCUT2D eigenvalue weighted by Gasteiger charge is -2.18. The topological polar surface area (TPSA) is 92.3 Å². The third-order valence-corrected chi connectivity index (χ3v) is 6.06. The van der Waals surface area contributed by atoms with Crippen LogP contribution in [0.25, 0.3) is 0 Å². The second-order valence-corrected chi connectivity index (χ2v) is 8.35. The molecule has 0 spiro atoms. The van der Waals surface area contributed by atoms with E-state index in [1.165, 1.54) is 24.3 Å². The molecule has 1 aromatic carbocycles. The zero-order valence-electron chi connectivity index (χ0n) is 12.3. The summed E-state index contributed by atoms with van der Waals surface area (Å²) in [5.41, 5.74) is -0.722. The first kappa shape index (κ1) is 15.9. The zero-order chi connectivity index (χ0) is 16.7. The van der Waals surface area contributed by atoms with Gasteiger partial charge in [0.2, 0.25) is 11.8 Å². The van der Waals surface area contributed by atoms with Crippen LogP contribution in [0, 0.1) is 11.2 Å². The van der Waals surface area contributed by atoms with Gasteiger partial charge in [-0.3, -0.25) is 9.59 Å². The monoisotopic (exact) mass is 340 g/mol. The number of anilines is 1. The quantitative estimate of drug-likeness (QED) is 0.795. The van der Waals surface area contributed by atoms with E-state index in [0.717, 1.165) is 0 Å². The summed E-state index contributed by atoms with van der Waals surface area (Å²) >= 11 is 0. The van der Waals surface area contributed by atoms with E-state index in [4.69, 9.17) is 0 Å². The number of amides is 2. The van der Waals surface area contributed by atoms with Crippen molar-refractivity contribution in [1.82, 2.24) is 5.32 Å². The van der Waals surface area contributed by atoms with Gasteiger partial charge in [0.25, 0.3) is 0 Å². The summed E-state index contributed by atoms with van der Waals surface area (Å²) in [6.07, 6.45) is 1.22. The summed E-state index contributed by atoms with van der Waals surface area (Å²) in [6.45, 7) is 0. The fourth-order valence-electron chi connectivity index (χ4n) is 2.70.